The standard InChI is InChI=1S/C16H30N2OS/c1-2-8-18(15-4-3-7-17-12-15)14-5-9-19-16(11-14)6-10-20-13-16/h14-15,17H,2-13H2,1H3. The van der Waals surface area contributed by atoms with Crippen LogP contribution in [-0.2, 0) is 4.74 Å². The molecule has 1 N–H and O–H groups in total. The maximum absolute atomic E-state index is 6.21. The third-order valence-corrected chi connectivity index (χ3v) is 6.45. The zero-order valence-electron chi connectivity index (χ0n) is 12.9. The Morgan fingerprint density at radius 3 is 3.00 bits per heavy atom. The molecule has 3 rings (SSSR count). The second kappa shape index (κ2) is 6.99. The van der Waals surface area contributed by atoms with Gasteiger partial charge in [0.25, 0.3) is 0 Å². The normalized spacial score (nSPS) is 38.7. The summed E-state index contributed by atoms with van der Waals surface area (Å²) in [7, 11) is 0. The second-order valence-electron chi connectivity index (χ2n) is 6.72. The minimum Gasteiger partial charge on any atom is -0.374 e. The van der Waals surface area contributed by atoms with Crippen molar-refractivity contribution in [2.45, 2.75) is 63.1 Å². The number of thioether (sulfide) groups is 1. The Hall–Kier alpha value is 0.230. The van der Waals surface area contributed by atoms with E-state index in [0.29, 0.717) is 0 Å². The highest BCUT2D eigenvalue weighted by Gasteiger charge is 2.42. The van der Waals surface area contributed by atoms with E-state index in [2.05, 4.69) is 28.9 Å². The van der Waals surface area contributed by atoms with Gasteiger partial charge in [-0.05, 0) is 57.4 Å². The molecule has 0 aromatic carbocycles. The first kappa shape index (κ1) is 15.1. The largest absolute Gasteiger partial charge is 0.374 e. The summed E-state index contributed by atoms with van der Waals surface area (Å²) in [6.45, 7) is 6.97. The summed E-state index contributed by atoms with van der Waals surface area (Å²) in [5, 5.41) is 3.60. The molecule has 0 aromatic rings. The highest BCUT2D eigenvalue weighted by Crippen LogP contribution is 2.40. The molecule has 0 amide bonds. The number of nitrogens with zero attached hydrogens (tertiary/aromatic N) is 1. The van der Waals surface area contributed by atoms with Crippen LogP contribution in [0.25, 0.3) is 0 Å². The van der Waals surface area contributed by atoms with Gasteiger partial charge in [-0.15, -0.1) is 0 Å². The molecule has 3 aliphatic heterocycles. The third-order valence-electron chi connectivity index (χ3n) is 5.22. The molecule has 4 heteroatoms. The summed E-state index contributed by atoms with van der Waals surface area (Å²) < 4.78 is 6.21. The summed E-state index contributed by atoms with van der Waals surface area (Å²) in [5.74, 6) is 2.53. The van der Waals surface area contributed by atoms with Crippen LogP contribution in [0, 0.1) is 0 Å². The molecule has 20 heavy (non-hydrogen) atoms. The van der Waals surface area contributed by atoms with E-state index in [1.807, 2.05) is 0 Å². The van der Waals surface area contributed by atoms with Crippen LogP contribution in [-0.4, -0.2) is 60.3 Å². The van der Waals surface area contributed by atoms with E-state index in [1.165, 1.54) is 69.7 Å². The van der Waals surface area contributed by atoms with Gasteiger partial charge in [0.1, 0.15) is 0 Å². The number of ether oxygens (including phenoxy) is 1. The fraction of sp³-hybridized carbons (Fsp3) is 1.00. The lowest BCUT2D eigenvalue weighted by molar-refractivity contribution is -0.0962. The molecular formula is C16H30N2OS. The molecule has 0 aromatic heterocycles. The first-order valence-corrected chi connectivity index (χ1v) is 9.67. The van der Waals surface area contributed by atoms with Crippen molar-refractivity contribution in [1.82, 2.24) is 10.2 Å². The summed E-state index contributed by atoms with van der Waals surface area (Å²) in [6.07, 6.45) is 7.78. The molecule has 3 fully saturated rings. The lowest BCUT2D eigenvalue weighted by Gasteiger charge is -2.46. The molecule has 3 unspecified atom stereocenters. The molecule has 1 spiro atoms. The zero-order chi connectivity index (χ0) is 13.8. The molecule has 0 bridgehead atoms. The van der Waals surface area contributed by atoms with Gasteiger partial charge in [0.05, 0.1) is 5.60 Å². The van der Waals surface area contributed by atoms with Crippen molar-refractivity contribution in [1.29, 1.82) is 0 Å². The van der Waals surface area contributed by atoms with Crippen LogP contribution in [0.5, 0.6) is 0 Å². The Morgan fingerprint density at radius 2 is 2.30 bits per heavy atom. The predicted molar refractivity (Wildman–Crippen MR) is 86.5 cm³/mol. The minimum absolute atomic E-state index is 0.224. The summed E-state index contributed by atoms with van der Waals surface area (Å²) >= 11 is 2.09. The quantitative estimate of drug-likeness (QED) is 0.862. The monoisotopic (exact) mass is 298 g/mol. The van der Waals surface area contributed by atoms with Gasteiger partial charge in [-0.3, -0.25) is 4.90 Å². The third kappa shape index (κ3) is 3.34. The maximum atomic E-state index is 6.21. The smallest absolute Gasteiger partial charge is 0.0795 e. The van der Waals surface area contributed by atoms with Gasteiger partial charge in [-0.2, -0.15) is 11.8 Å². The predicted octanol–water partition coefficient (Wildman–Crippen LogP) is 2.51. The molecule has 116 valence electrons. The van der Waals surface area contributed by atoms with Crippen LogP contribution in [0.1, 0.15) is 45.4 Å². The zero-order valence-corrected chi connectivity index (χ0v) is 13.7. The van der Waals surface area contributed by atoms with E-state index >= 15 is 0 Å². The summed E-state index contributed by atoms with van der Waals surface area (Å²) in [5.41, 5.74) is 0.224. The van der Waals surface area contributed by atoms with Crippen LogP contribution in [0.2, 0.25) is 0 Å². The number of nitrogens with one attached hydrogen (secondary N) is 1. The maximum Gasteiger partial charge on any atom is 0.0795 e. The van der Waals surface area contributed by atoms with Gasteiger partial charge in [0.2, 0.25) is 0 Å². The lowest BCUT2D eigenvalue weighted by atomic mass is 9.87. The molecular weight excluding hydrogens is 268 g/mol. The van der Waals surface area contributed by atoms with Gasteiger partial charge >= 0.3 is 0 Å². The molecule has 3 saturated heterocycles. The van der Waals surface area contributed by atoms with Crippen molar-refractivity contribution in [3.8, 4) is 0 Å². The fourth-order valence-corrected chi connectivity index (χ4v) is 5.56. The van der Waals surface area contributed by atoms with Gasteiger partial charge in [-0.1, -0.05) is 6.92 Å². The van der Waals surface area contributed by atoms with E-state index in [0.717, 1.165) is 18.7 Å². The van der Waals surface area contributed by atoms with Crippen molar-refractivity contribution < 1.29 is 4.74 Å². The van der Waals surface area contributed by atoms with Crippen molar-refractivity contribution >= 4 is 11.8 Å². The average molecular weight is 298 g/mol. The summed E-state index contributed by atoms with van der Waals surface area (Å²) in [4.78, 5) is 2.83. The first-order valence-electron chi connectivity index (χ1n) is 8.51. The Morgan fingerprint density at radius 1 is 1.35 bits per heavy atom. The van der Waals surface area contributed by atoms with Gasteiger partial charge in [0.15, 0.2) is 0 Å². The fourth-order valence-electron chi connectivity index (χ4n) is 4.19. The van der Waals surface area contributed by atoms with Crippen molar-refractivity contribution in [3.63, 3.8) is 0 Å². The van der Waals surface area contributed by atoms with Crippen LogP contribution < -0.4 is 5.32 Å². The molecule has 3 nitrogen and oxygen atoms in total. The van der Waals surface area contributed by atoms with Crippen LogP contribution in [0.15, 0.2) is 0 Å². The van der Waals surface area contributed by atoms with E-state index in [9.17, 15) is 0 Å². The minimum atomic E-state index is 0.224. The first-order chi connectivity index (χ1) is 9.83. The van der Waals surface area contributed by atoms with Gasteiger partial charge in [0, 0.05) is 31.0 Å². The highest BCUT2D eigenvalue weighted by atomic mass is 32.2. The average Bonchev–Trinajstić information content (AvgIpc) is 2.93. The topological polar surface area (TPSA) is 24.5 Å². The molecule has 0 aliphatic carbocycles. The van der Waals surface area contributed by atoms with Gasteiger partial charge in [-0.25, -0.2) is 0 Å². The van der Waals surface area contributed by atoms with Crippen LogP contribution >= 0.6 is 11.8 Å². The molecule has 3 heterocycles. The molecule has 3 aliphatic rings. The van der Waals surface area contributed by atoms with Crippen LogP contribution in [0.3, 0.4) is 0 Å². The van der Waals surface area contributed by atoms with Crippen molar-refractivity contribution in [3.05, 3.63) is 0 Å². The van der Waals surface area contributed by atoms with Crippen molar-refractivity contribution in [2.24, 2.45) is 0 Å². The van der Waals surface area contributed by atoms with E-state index in [4.69, 9.17) is 4.74 Å². The Kier molecular flexibility index (Phi) is 5.29. The molecule has 3 atom stereocenters. The van der Waals surface area contributed by atoms with Crippen molar-refractivity contribution in [2.75, 3.05) is 37.7 Å². The number of piperidine rings is 1. The van der Waals surface area contributed by atoms with E-state index in [-0.39, 0.29) is 5.60 Å². The molecule has 0 radical (unpaired) electrons. The van der Waals surface area contributed by atoms with E-state index in [1.54, 1.807) is 0 Å². The van der Waals surface area contributed by atoms with Gasteiger partial charge < -0.3 is 10.1 Å². The lowest BCUT2D eigenvalue weighted by Crippen LogP contribution is -2.55. The molecule has 0 saturated carbocycles. The van der Waals surface area contributed by atoms with E-state index < -0.39 is 0 Å². The number of rotatable bonds is 4. The Labute approximate surface area is 128 Å². The Balaban J connectivity index is 1.66. The second-order valence-corrected chi connectivity index (χ2v) is 7.82. The SMILES string of the molecule is CCCN(C1CCCNC1)C1CCOC2(CCSC2)C1. The highest BCUT2D eigenvalue weighted by molar-refractivity contribution is 7.99. The Bertz CT molecular complexity index is 301. The summed E-state index contributed by atoms with van der Waals surface area (Å²) in [6, 6.07) is 1.52. The number of hydrogen-bond donors (Lipinski definition) is 1. The van der Waals surface area contributed by atoms with Crippen LogP contribution in [0.4, 0.5) is 0 Å². The number of hydrogen-bond acceptors (Lipinski definition) is 4.